The quantitative estimate of drug-likeness (QED) is 0.311. The number of hydrogen-bond acceptors (Lipinski definition) is 6. The highest BCUT2D eigenvalue weighted by Gasteiger charge is 2.48. The number of ketones is 2. The van der Waals surface area contributed by atoms with E-state index in [1.165, 1.54) is 0 Å². The van der Waals surface area contributed by atoms with Crippen LogP contribution in [-0.4, -0.2) is 42.1 Å². The molecule has 1 amide bonds. The van der Waals surface area contributed by atoms with Crippen molar-refractivity contribution >= 4 is 23.2 Å². The van der Waals surface area contributed by atoms with E-state index in [0.717, 1.165) is 70.7 Å². The van der Waals surface area contributed by atoms with Gasteiger partial charge in [0.05, 0.1) is 6.61 Å². The zero-order valence-corrected chi connectivity index (χ0v) is 28.2. The van der Waals surface area contributed by atoms with Crippen molar-refractivity contribution in [1.82, 2.24) is 4.90 Å². The molecule has 1 aliphatic heterocycles. The number of benzene rings is 2. The molecule has 1 heterocycles. The zero-order chi connectivity index (χ0) is 32.7. The molecule has 7 nitrogen and oxygen atoms in total. The Morgan fingerprint density at radius 1 is 0.844 bits per heavy atom. The van der Waals surface area contributed by atoms with Gasteiger partial charge in [-0.1, -0.05) is 58.4 Å². The molecule has 2 aliphatic carbocycles. The monoisotopic (exact) mass is 612 g/mol. The maximum atomic E-state index is 14.0. The minimum atomic E-state index is -0.462. The van der Waals surface area contributed by atoms with Crippen LogP contribution in [0.5, 0.6) is 11.5 Å². The third-order valence-electron chi connectivity index (χ3n) is 9.08. The average molecular weight is 613 g/mol. The van der Waals surface area contributed by atoms with Crippen LogP contribution in [-0.2, 0) is 14.4 Å². The van der Waals surface area contributed by atoms with Crippen LogP contribution in [0.2, 0.25) is 0 Å². The lowest BCUT2D eigenvalue weighted by Gasteiger charge is -2.49. The predicted octanol–water partition coefficient (Wildman–Crippen LogP) is 7.82. The molecule has 2 aromatic carbocycles. The summed E-state index contributed by atoms with van der Waals surface area (Å²) >= 11 is 0. The molecule has 0 unspecified atom stereocenters. The lowest BCUT2D eigenvalue weighted by atomic mass is 9.63. The number of carbonyl (C=O) groups excluding carboxylic acids is 3. The molecule has 0 fully saturated rings. The molecule has 1 N–H and O–H groups in total. The molecule has 0 aromatic heterocycles. The summed E-state index contributed by atoms with van der Waals surface area (Å²) in [4.78, 5) is 43.2. The van der Waals surface area contributed by atoms with Crippen LogP contribution in [0.1, 0.15) is 96.3 Å². The van der Waals surface area contributed by atoms with Gasteiger partial charge in [-0.2, -0.15) is 0 Å². The standard InChI is InChI=1S/C38H48N2O5/c1-9-15-40-27-18-37(5,6)20-29(41)35(27)34(36-28(40)19-38(7,8)21-30(36)42)25-12-14-31(32(17-25)44-10-2)45-22-33(43)39-26-13-11-23(3)16-24(26)4/h11-14,16-17,34H,9-10,15,18-22H2,1-8H3,(H,39,43). The Morgan fingerprint density at radius 3 is 2.02 bits per heavy atom. The Morgan fingerprint density at radius 2 is 1.47 bits per heavy atom. The molecule has 45 heavy (non-hydrogen) atoms. The van der Waals surface area contributed by atoms with Crippen LogP contribution in [0.3, 0.4) is 0 Å². The SMILES string of the molecule is CCCN1C2=C(C(=O)CC(C)(C)C2)C(c2ccc(OCC(=O)Nc3ccc(C)cc3C)c(OCC)c2)C2=C1CC(C)(C)CC2=O. The van der Waals surface area contributed by atoms with E-state index in [0.29, 0.717) is 30.9 Å². The van der Waals surface area contributed by atoms with Gasteiger partial charge in [-0.25, -0.2) is 0 Å². The summed E-state index contributed by atoms with van der Waals surface area (Å²) in [7, 11) is 0. The number of rotatable bonds is 9. The topological polar surface area (TPSA) is 84.9 Å². The number of nitrogens with zero attached hydrogens (tertiary/aromatic N) is 1. The highest BCUT2D eigenvalue weighted by atomic mass is 16.5. The third-order valence-corrected chi connectivity index (χ3v) is 9.08. The number of allylic oxidation sites excluding steroid dienone is 4. The highest BCUT2D eigenvalue weighted by molar-refractivity contribution is 6.07. The summed E-state index contributed by atoms with van der Waals surface area (Å²) in [5, 5.41) is 2.93. The molecule has 240 valence electrons. The van der Waals surface area contributed by atoms with Crippen molar-refractivity contribution in [2.75, 3.05) is 25.1 Å². The first-order valence-electron chi connectivity index (χ1n) is 16.3. The lowest BCUT2D eigenvalue weighted by Crippen LogP contribution is -2.44. The van der Waals surface area contributed by atoms with E-state index in [4.69, 9.17) is 9.47 Å². The van der Waals surface area contributed by atoms with Gasteiger partial charge >= 0.3 is 0 Å². The Balaban J connectivity index is 1.53. The molecule has 0 saturated heterocycles. The van der Waals surface area contributed by atoms with Crippen LogP contribution in [0, 0.1) is 24.7 Å². The molecule has 0 radical (unpaired) electrons. The number of ether oxygens (including phenoxy) is 2. The van der Waals surface area contributed by atoms with Gasteiger partial charge in [0.2, 0.25) is 0 Å². The number of amides is 1. The van der Waals surface area contributed by atoms with Gasteiger partial charge in [0.1, 0.15) is 0 Å². The van der Waals surface area contributed by atoms with E-state index in [1.807, 2.05) is 51.1 Å². The van der Waals surface area contributed by atoms with E-state index in [-0.39, 0.29) is 34.9 Å². The van der Waals surface area contributed by atoms with E-state index in [1.54, 1.807) is 6.07 Å². The molecular weight excluding hydrogens is 564 g/mol. The van der Waals surface area contributed by atoms with Crippen LogP contribution < -0.4 is 14.8 Å². The van der Waals surface area contributed by atoms with Crippen molar-refractivity contribution in [3.05, 3.63) is 75.6 Å². The second-order valence-corrected chi connectivity index (χ2v) is 14.5. The van der Waals surface area contributed by atoms with Crippen LogP contribution in [0.15, 0.2) is 58.9 Å². The fraction of sp³-hybridized carbons (Fsp3) is 0.500. The molecule has 0 saturated carbocycles. The van der Waals surface area contributed by atoms with Crippen molar-refractivity contribution < 1.29 is 23.9 Å². The van der Waals surface area contributed by atoms with Crippen LogP contribution >= 0.6 is 0 Å². The number of anilines is 1. The third kappa shape index (κ3) is 6.73. The molecule has 2 aromatic rings. The number of Topliss-reactive ketones (excluding diaryl/α,β-unsaturated/α-hetero) is 2. The Kier molecular flexibility index (Phi) is 9.03. The molecular formula is C38H48N2O5. The van der Waals surface area contributed by atoms with Gasteiger partial charge < -0.3 is 19.7 Å². The fourth-order valence-electron chi connectivity index (χ4n) is 7.25. The first-order chi connectivity index (χ1) is 21.2. The summed E-state index contributed by atoms with van der Waals surface area (Å²) in [5.41, 5.74) is 6.99. The number of aryl methyl sites for hydroxylation is 2. The van der Waals surface area contributed by atoms with Gasteiger partial charge in [0.25, 0.3) is 5.91 Å². The van der Waals surface area contributed by atoms with Gasteiger partial charge in [0, 0.05) is 53.5 Å². The second-order valence-electron chi connectivity index (χ2n) is 14.5. The highest BCUT2D eigenvalue weighted by Crippen LogP contribution is 2.55. The summed E-state index contributed by atoms with van der Waals surface area (Å²) in [6, 6.07) is 11.5. The van der Waals surface area contributed by atoms with Crippen molar-refractivity contribution in [2.45, 2.75) is 93.4 Å². The summed E-state index contributed by atoms with van der Waals surface area (Å²) in [6.45, 7) is 17.6. The predicted molar refractivity (Wildman–Crippen MR) is 177 cm³/mol. The fourth-order valence-corrected chi connectivity index (χ4v) is 7.25. The van der Waals surface area contributed by atoms with Gasteiger partial charge in [-0.05, 0) is 80.2 Å². The van der Waals surface area contributed by atoms with Crippen LogP contribution in [0.25, 0.3) is 0 Å². The van der Waals surface area contributed by atoms with Crippen molar-refractivity contribution in [3.8, 4) is 11.5 Å². The molecule has 0 atom stereocenters. The van der Waals surface area contributed by atoms with E-state index >= 15 is 0 Å². The molecule has 0 spiro atoms. The number of hydrogen-bond donors (Lipinski definition) is 1. The Labute approximate surface area is 268 Å². The molecule has 0 bridgehead atoms. The Bertz CT molecular complexity index is 1540. The van der Waals surface area contributed by atoms with Crippen LogP contribution in [0.4, 0.5) is 5.69 Å². The number of carbonyl (C=O) groups is 3. The smallest absolute Gasteiger partial charge is 0.262 e. The molecule has 3 aliphatic rings. The van der Waals surface area contributed by atoms with Crippen molar-refractivity contribution in [2.24, 2.45) is 10.8 Å². The van der Waals surface area contributed by atoms with Crippen molar-refractivity contribution in [1.29, 1.82) is 0 Å². The first-order valence-corrected chi connectivity index (χ1v) is 16.3. The molecule has 7 heteroatoms. The maximum absolute atomic E-state index is 14.0. The largest absolute Gasteiger partial charge is 0.490 e. The van der Waals surface area contributed by atoms with E-state index < -0.39 is 5.92 Å². The number of nitrogens with one attached hydrogen (secondary N) is 1. The normalized spacial score (nSPS) is 19.3. The maximum Gasteiger partial charge on any atom is 0.262 e. The molecule has 5 rings (SSSR count). The van der Waals surface area contributed by atoms with Gasteiger partial charge in [-0.3, -0.25) is 14.4 Å². The van der Waals surface area contributed by atoms with E-state index in [2.05, 4.69) is 44.8 Å². The summed E-state index contributed by atoms with van der Waals surface area (Å²) in [6.07, 6.45) is 3.37. The minimum absolute atomic E-state index is 0.109. The second kappa shape index (κ2) is 12.5. The van der Waals surface area contributed by atoms with Gasteiger partial charge in [0.15, 0.2) is 29.7 Å². The zero-order valence-electron chi connectivity index (χ0n) is 28.2. The first kappa shape index (κ1) is 32.5. The lowest BCUT2D eigenvalue weighted by molar-refractivity contribution is -0.120. The van der Waals surface area contributed by atoms with E-state index in [9.17, 15) is 14.4 Å². The van der Waals surface area contributed by atoms with Gasteiger partial charge in [-0.15, -0.1) is 0 Å². The minimum Gasteiger partial charge on any atom is -0.490 e. The van der Waals surface area contributed by atoms with Crippen molar-refractivity contribution in [3.63, 3.8) is 0 Å². The summed E-state index contributed by atoms with van der Waals surface area (Å²) in [5.74, 6) is 0.413. The average Bonchev–Trinajstić information content (AvgIpc) is 2.93. The summed E-state index contributed by atoms with van der Waals surface area (Å²) < 4.78 is 12.0. The Hall–Kier alpha value is -3.87.